The lowest BCUT2D eigenvalue weighted by atomic mass is 10.3. The molecule has 0 saturated heterocycles. The fourth-order valence-electron chi connectivity index (χ4n) is 1.84. The quantitative estimate of drug-likeness (QED) is 0.718. The first-order valence-corrected chi connectivity index (χ1v) is 8.31. The van der Waals surface area contributed by atoms with Gasteiger partial charge in [0.05, 0.1) is 6.61 Å². The minimum atomic E-state index is -3.64. The highest BCUT2D eigenvalue weighted by Crippen LogP contribution is 2.22. The third-order valence-corrected chi connectivity index (χ3v) is 4.77. The molecule has 0 aliphatic heterocycles. The van der Waals surface area contributed by atoms with Gasteiger partial charge >= 0.3 is 0 Å². The molecule has 0 saturated carbocycles. The van der Waals surface area contributed by atoms with Crippen molar-refractivity contribution >= 4 is 15.8 Å². The van der Waals surface area contributed by atoms with Crippen molar-refractivity contribution in [2.75, 3.05) is 31.6 Å². The molecule has 1 aromatic rings. The van der Waals surface area contributed by atoms with Gasteiger partial charge in [0.2, 0.25) is 10.0 Å². The Hall–Kier alpha value is -1.18. The van der Waals surface area contributed by atoms with E-state index in [2.05, 4.69) is 10.3 Å². The number of nitrogens with zero attached hydrogens (tertiary/aromatic N) is 2. The molecule has 6 nitrogen and oxygen atoms in total. The van der Waals surface area contributed by atoms with Crippen LogP contribution in [0.4, 0.5) is 5.82 Å². The summed E-state index contributed by atoms with van der Waals surface area (Å²) in [6.45, 7) is 4.78. The number of pyridine rings is 1. The predicted molar refractivity (Wildman–Crippen MR) is 79.2 cm³/mol. The number of sulfonamides is 1. The van der Waals surface area contributed by atoms with Crippen molar-refractivity contribution in [3.63, 3.8) is 0 Å². The highest BCUT2D eigenvalue weighted by Gasteiger charge is 2.26. The van der Waals surface area contributed by atoms with Gasteiger partial charge in [0, 0.05) is 25.8 Å². The Morgan fingerprint density at radius 3 is 2.70 bits per heavy atom. The molecule has 20 heavy (non-hydrogen) atoms. The van der Waals surface area contributed by atoms with Gasteiger partial charge in [0.15, 0.2) is 0 Å². The Balaban J connectivity index is 3.11. The lowest BCUT2D eigenvalue weighted by molar-refractivity contribution is 0.252. The first kappa shape index (κ1) is 16.9. The van der Waals surface area contributed by atoms with Gasteiger partial charge in [-0.1, -0.05) is 13.3 Å². The van der Waals surface area contributed by atoms with E-state index in [9.17, 15) is 8.42 Å². The monoisotopic (exact) mass is 301 g/mol. The average Bonchev–Trinajstić information content (AvgIpc) is 2.44. The Kier molecular flexibility index (Phi) is 6.90. The number of unbranched alkanes of at least 4 members (excludes halogenated alkanes) is 1. The zero-order chi connectivity index (χ0) is 15.0. The minimum Gasteiger partial charge on any atom is -0.395 e. The van der Waals surface area contributed by atoms with Crippen molar-refractivity contribution in [2.45, 2.75) is 31.6 Å². The molecule has 0 fully saturated rings. The summed E-state index contributed by atoms with van der Waals surface area (Å²) in [5.41, 5.74) is 0. The van der Waals surface area contributed by atoms with Crippen LogP contribution in [0.3, 0.4) is 0 Å². The van der Waals surface area contributed by atoms with Crippen molar-refractivity contribution in [3.8, 4) is 0 Å². The molecule has 7 heteroatoms. The van der Waals surface area contributed by atoms with Gasteiger partial charge in [-0.15, -0.1) is 0 Å². The summed E-state index contributed by atoms with van der Waals surface area (Å²) < 4.78 is 26.6. The summed E-state index contributed by atoms with van der Waals surface area (Å²) in [7, 11) is -3.64. The van der Waals surface area contributed by atoms with E-state index in [0.717, 1.165) is 12.8 Å². The molecule has 2 N–H and O–H groups in total. The third kappa shape index (κ3) is 4.16. The Labute approximate surface area is 120 Å². The van der Waals surface area contributed by atoms with Crippen LogP contribution < -0.4 is 5.32 Å². The highest BCUT2D eigenvalue weighted by molar-refractivity contribution is 7.89. The molecule has 1 rings (SSSR count). The van der Waals surface area contributed by atoms with Gasteiger partial charge in [0.1, 0.15) is 10.7 Å². The van der Waals surface area contributed by atoms with E-state index in [1.54, 1.807) is 12.3 Å². The third-order valence-electron chi connectivity index (χ3n) is 2.84. The number of rotatable bonds is 9. The Bertz CT molecular complexity index is 505. The van der Waals surface area contributed by atoms with Crippen LogP contribution in [0.25, 0.3) is 0 Å². The van der Waals surface area contributed by atoms with Crippen LogP contribution in [0, 0.1) is 0 Å². The van der Waals surface area contributed by atoms with Crippen molar-refractivity contribution < 1.29 is 13.5 Å². The van der Waals surface area contributed by atoms with E-state index < -0.39 is 10.0 Å². The standard InChI is InChI=1S/C13H23N3O3S/c1-3-5-9-16(10-11-17)20(18,19)12-7-6-8-15-13(12)14-4-2/h6-8,17H,3-5,9-11H2,1-2H3,(H,14,15). The summed E-state index contributed by atoms with van der Waals surface area (Å²) in [4.78, 5) is 4.24. The molecule has 0 aromatic carbocycles. The molecule has 0 spiro atoms. The van der Waals surface area contributed by atoms with Crippen molar-refractivity contribution in [1.29, 1.82) is 0 Å². The molecule has 0 bridgehead atoms. The normalized spacial score (nSPS) is 11.8. The Morgan fingerprint density at radius 1 is 1.35 bits per heavy atom. The summed E-state index contributed by atoms with van der Waals surface area (Å²) in [5, 5.41) is 12.0. The van der Waals surface area contributed by atoms with Crippen molar-refractivity contribution in [3.05, 3.63) is 18.3 Å². The van der Waals surface area contributed by atoms with Crippen molar-refractivity contribution in [2.24, 2.45) is 0 Å². The summed E-state index contributed by atoms with van der Waals surface area (Å²) in [6, 6.07) is 3.14. The van der Waals surface area contributed by atoms with Crippen LogP contribution in [-0.4, -0.2) is 49.1 Å². The molecule has 0 aliphatic carbocycles. The van der Waals surface area contributed by atoms with Crippen LogP contribution in [0.5, 0.6) is 0 Å². The second-order valence-corrected chi connectivity index (χ2v) is 6.27. The second kappa shape index (κ2) is 8.18. The molecule has 0 atom stereocenters. The smallest absolute Gasteiger partial charge is 0.246 e. The molecule has 0 amide bonds. The van der Waals surface area contributed by atoms with E-state index in [4.69, 9.17) is 5.11 Å². The van der Waals surface area contributed by atoms with E-state index >= 15 is 0 Å². The molecule has 114 valence electrons. The number of aliphatic hydroxyl groups is 1. The van der Waals surface area contributed by atoms with Gasteiger partial charge in [0.25, 0.3) is 0 Å². The number of anilines is 1. The zero-order valence-electron chi connectivity index (χ0n) is 12.0. The fraction of sp³-hybridized carbons (Fsp3) is 0.615. The minimum absolute atomic E-state index is 0.1000. The van der Waals surface area contributed by atoms with Crippen molar-refractivity contribution in [1.82, 2.24) is 9.29 Å². The molecular formula is C13H23N3O3S. The van der Waals surface area contributed by atoms with E-state index in [1.165, 1.54) is 10.4 Å². The summed E-state index contributed by atoms with van der Waals surface area (Å²) in [5.74, 6) is 0.356. The van der Waals surface area contributed by atoms with Gasteiger partial charge in [-0.3, -0.25) is 0 Å². The second-order valence-electron chi connectivity index (χ2n) is 4.36. The maximum atomic E-state index is 12.7. The van der Waals surface area contributed by atoms with E-state index in [-0.39, 0.29) is 18.0 Å². The van der Waals surface area contributed by atoms with E-state index in [1.807, 2.05) is 13.8 Å². The van der Waals surface area contributed by atoms with E-state index in [0.29, 0.717) is 18.9 Å². The maximum Gasteiger partial charge on any atom is 0.246 e. The molecule has 1 aromatic heterocycles. The van der Waals surface area contributed by atoms with Crippen LogP contribution >= 0.6 is 0 Å². The first-order valence-electron chi connectivity index (χ1n) is 6.87. The molecule has 0 radical (unpaired) electrons. The van der Waals surface area contributed by atoms with Gasteiger partial charge in [-0.25, -0.2) is 13.4 Å². The fourth-order valence-corrected chi connectivity index (χ4v) is 3.43. The summed E-state index contributed by atoms with van der Waals surface area (Å²) in [6.07, 6.45) is 3.21. The Morgan fingerprint density at radius 2 is 2.10 bits per heavy atom. The lowest BCUT2D eigenvalue weighted by Crippen LogP contribution is -2.35. The molecule has 0 aliphatic rings. The van der Waals surface area contributed by atoms with Crippen LogP contribution in [-0.2, 0) is 10.0 Å². The average molecular weight is 301 g/mol. The van der Waals surface area contributed by atoms with Gasteiger partial charge < -0.3 is 10.4 Å². The highest BCUT2D eigenvalue weighted by atomic mass is 32.2. The number of hydrogen-bond donors (Lipinski definition) is 2. The maximum absolute atomic E-state index is 12.7. The largest absolute Gasteiger partial charge is 0.395 e. The zero-order valence-corrected chi connectivity index (χ0v) is 12.9. The van der Waals surface area contributed by atoms with Gasteiger partial charge in [-0.05, 0) is 25.5 Å². The van der Waals surface area contributed by atoms with Crippen LogP contribution in [0.2, 0.25) is 0 Å². The summed E-state index contributed by atoms with van der Waals surface area (Å²) >= 11 is 0. The SMILES string of the molecule is CCCCN(CCO)S(=O)(=O)c1cccnc1NCC. The number of aromatic nitrogens is 1. The molecule has 1 heterocycles. The number of hydrogen-bond acceptors (Lipinski definition) is 5. The lowest BCUT2D eigenvalue weighted by Gasteiger charge is -2.22. The van der Waals surface area contributed by atoms with Crippen LogP contribution in [0.15, 0.2) is 23.2 Å². The number of nitrogens with one attached hydrogen (secondary N) is 1. The molecule has 0 unspecified atom stereocenters. The van der Waals surface area contributed by atoms with Crippen LogP contribution in [0.1, 0.15) is 26.7 Å². The number of aliphatic hydroxyl groups excluding tert-OH is 1. The van der Waals surface area contributed by atoms with Gasteiger partial charge in [-0.2, -0.15) is 4.31 Å². The topological polar surface area (TPSA) is 82.5 Å². The first-order chi connectivity index (χ1) is 9.57. The predicted octanol–water partition coefficient (Wildman–Crippen LogP) is 1.30. The molecular weight excluding hydrogens is 278 g/mol.